The van der Waals surface area contributed by atoms with Crippen LogP contribution in [0.3, 0.4) is 0 Å². The Balaban J connectivity index is 3.45. The average molecular weight is 213 g/mol. The molecule has 0 saturated carbocycles. The second-order valence-corrected chi connectivity index (χ2v) is 2.70. The molecule has 0 saturated heterocycles. The molecule has 1 aromatic heterocycles. The summed E-state index contributed by atoms with van der Waals surface area (Å²) in [5, 5.41) is 18.9. The van der Waals surface area contributed by atoms with Gasteiger partial charge in [0.1, 0.15) is 17.5 Å². The molecule has 1 aromatic rings. The normalized spacial score (nSPS) is 10.1. The molecular formula is C8H5F2N3O2. The molecule has 0 amide bonds. The highest BCUT2D eigenvalue weighted by Gasteiger charge is 2.21. The Kier molecular flexibility index (Phi) is 2.90. The largest absolute Gasteiger partial charge is 0.291 e. The van der Waals surface area contributed by atoms with Gasteiger partial charge in [0.2, 0.25) is 0 Å². The van der Waals surface area contributed by atoms with Gasteiger partial charge in [-0.25, -0.2) is 13.8 Å². The first kappa shape index (κ1) is 11.0. The number of hydrogen-bond donors (Lipinski definition) is 0. The molecule has 0 aliphatic carbocycles. The highest BCUT2D eigenvalue weighted by atomic mass is 19.3. The van der Waals surface area contributed by atoms with E-state index in [9.17, 15) is 18.9 Å². The summed E-state index contributed by atoms with van der Waals surface area (Å²) in [5.74, 6) is 0. The van der Waals surface area contributed by atoms with Gasteiger partial charge in [-0.1, -0.05) is 0 Å². The Morgan fingerprint density at radius 1 is 1.67 bits per heavy atom. The van der Waals surface area contributed by atoms with Gasteiger partial charge in [0, 0.05) is 6.07 Å². The lowest BCUT2D eigenvalue weighted by Crippen LogP contribution is -2.01. The smallest absolute Gasteiger partial charge is 0.258 e. The minimum absolute atomic E-state index is 0.0547. The van der Waals surface area contributed by atoms with E-state index in [0.717, 1.165) is 0 Å². The monoisotopic (exact) mass is 213 g/mol. The third-order valence-corrected chi connectivity index (χ3v) is 1.75. The van der Waals surface area contributed by atoms with E-state index in [1.165, 1.54) is 13.0 Å². The van der Waals surface area contributed by atoms with Gasteiger partial charge in [-0.3, -0.25) is 10.1 Å². The molecule has 78 valence electrons. The van der Waals surface area contributed by atoms with Gasteiger partial charge in [0.05, 0.1) is 10.5 Å². The van der Waals surface area contributed by atoms with E-state index in [4.69, 9.17) is 5.26 Å². The van der Waals surface area contributed by atoms with Crippen LogP contribution >= 0.6 is 0 Å². The molecule has 1 heterocycles. The SMILES string of the molecule is Cc1nc(C#N)c(C(F)F)cc1[N+](=O)[O-]. The molecule has 0 radical (unpaired) electrons. The van der Waals surface area contributed by atoms with Crippen molar-refractivity contribution in [2.45, 2.75) is 13.3 Å². The molecule has 0 unspecified atom stereocenters. The molecule has 15 heavy (non-hydrogen) atoms. The summed E-state index contributed by atoms with van der Waals surface area (Å²) in [5.41, 5.74) is -1.76. The Morgan fingerprint density at radius 2 is 2.27 bits per heavy atom. The molecule has 0 N–H and O–H groups in total. The van der Waals surface area contributed by atoms with E-state index in [0.29, 0.717) is 6.07 Å². The van der Waals surface area contributed by atoms with Crippen molar-refractivity contribution < 1.29 is 13.7 Å². The summed E-state index contributed by atoms with van der Waals surface area (Å²) in [6, 6.07) is 2.16. The van der Waals surface area contributed by atoms with Crippen LogP contribution in [0.5, 0.6) is 0 Å². The molecule has 0 aliphatic rings. The second-order valence-electron chi connectivity index (χ2n) is 2.70. The molecule has 0 aromatic carbocycles. The van der Waals surface area contributed by atoms with Crippen LogP contribution in [-0.4, -0.2) is 9.91 Å². The lowest BCUT2D eigenvalue weighted by molar-refractivity contribution is -0.385. The van der Waals surface area contributed by atoms with Crippen LogP contribution in [0.15, 0.2) is 6.07 Å². The van der Waals surface area contributed by atoms with Gasteiger partial charge in [0.15, 0.2) is 0 Å². The average Bonchev–Trinajstić information content (AvgIpc) is 2.16. The third kappa shape index (κ3) is 2.04. The van der Waals surface area contributed by atoms with E-state index in [1.807, 2.05) is 0 Å². The summed E-state index contributed by atoms with van der Waals surface area (Å²) in [4.78, 5) is 13.1. The van der Waals surface area contributed by atoms with Crippen molar-refractivity contribution >= 4 is 5.69 Å². The van der Waals surface area contributed by atoms with Crippen molar-refractivity contribution in [1.82, 2.24) is 4.98 Å². The molecule has 1 rings (SSSR count). The molecule has 7 heteroatoms. The van der Waals surface area contributed by atoms with Gasteiger partial charge in [-0.15, -0.1) is 0 Å². The van der Waals surface area contributed by atoms with Crippen molar-refractivity contribution in [3.05, 3.63) is 33.1 Å². The van der Waals surface area contributed by atoms with Gasteiger partial charge in [-0.05, 0) is 6.92 Å². The molecule has 0 atom stereocenters. The van der Waals surface area contributed by atoms with Crippen LogP contribution in [0.25, 0.3) is 0 Å². The first-order chi connectivity index (χ1) is 6.97. The van der Waals surface area contributed by atoms with Gasteiger partial charge in [0.25, 0.3) is 12.1 Å². The molecule has 0 fully saturated rings. The van der Waals surface area contributed by atoms with Crippen LogP contribution in [0.2, 0.25) is 0 Å². The first-order valence-electron chi connectivity index (χ1n) is 3.81. The van der Waals surface area contributed by atoms with Gasteiger partial charge >= 0.3 is 0 Å². The van der Waals surface area contributed by atoms with Crippen LogP contribution in [0.4, 0.5) is 14.5 Å². The zero-order valence-corrected chi connectivity index (χ0v) is 7.57. The van der Waals surface area contributed by atoms with Gasteiger partial charge < -0.3 is 0 Å². The van der Waals surface area contributed by atoms with Crippen molar-refractivity contribution in [2.24, 2.45) is 0 Å². The maximum Gasteiger partial charge on any atom is 0.291 e. The van der Waals surface area contributed by atoms with E-state index < -0.39 is 28.3 Å². The summed E-state index contributed by atoms with van der Waals surface area (Å²) in [7, 11) is 0. The first-order valence-corrected chi connectivity index (χ1v) is 3.81. The third-order valence-electron chi connectivity index (χ3n) is 1.75. The highest BCUT2D eigenvalue weighted by Crippen LogP contribution is 2.27. The number of rotatable bonds is 2. The fourth-order valence-corrected chi connectivity index (χ4v) is 1.05. The van der Waals surface area contributed by atoms with Crippen LogP contribution in [-0.2, 0) is 0 Å². The standard InChI is InChI=1S/C8H5F2N3O2/c1-4-7(13(14)15)2-5(8(9)10)6(3-11)12-4/h2,8H,1H3. The molecule has 5 nitrogen and oxygen atoms in total. The number of alkyl halides is 2. The summed E-state index contributed by atoms with van der Waals surface area (Å²) in [6.07, 6.45) is -2.95. The van der Waals surface area contributed by atoms with Gasteiger partial charge in [-0.2, -0.15) is 5.26 Å². The quantitative estimate of drug-likeness (QED) is 0.556. The predicted molar refractivity (Wildman–Crippen MR) is 45.3 cm³/mol. The fraction of sp³-hybridized carbons (Fsp3) is 0.250. The lowest BCUT2D eigenvalue weighted by Gasteiger charge is -2.03. The minimum atomic E-state index is -2.95. The Morgan fingerprint density at radius 3 is 2.67 bits per heavy atom. The Bertz CT molecular complexity index is 454. The molecule has 0 spiro atoms. The molecule has 0 aliphatic heterocycles. The van der Waals surface area contributed by atoms with Crippen LogP contribution in [0.1, 0.15) is 23.4 Å². The van der Waals surface area contributed by atoms with Crippen molar-refractivity contribution in [2.75, 3.05) is 0 Å². The maximum absolute atomic E-state index is 12.4. The Labute approximate surface area is 83.1 Å². The molecular weight excluding hydrogens is 208 g/mol. The minimum Gasteiger partial charge on any atom is -0.258 e. The number of nitro groups is 1. The zero-order chi connectivity index (χ0) is 11.6. The summed E-state index contributed by atoms with van der Waals surface area (Å²) >= 11 is 0. The number of nitriles is 1. The summed E-state index contributed by atoms with van der Waals surface area (Å²) in [6.45, 7) is 1.29. The number of pyridine rings is 1. The highest BCUT2D eigenvalue weighted by molar-refractivity contribution is 5.44. The number of hydrogen-bond acceptors (Lipinski definition) is 4. The lowest BCUT2D eigenvalue weighted by atomic mass is 10.1. The van der Waals surface area contributed by atoms with E-state index in [2.05, 4.69) is 4.98 Å². The van der Waals surface area contributed by atoms with E-state index >= 15 is 0 Å². The summed E-state index contributed by atoms with van der Waals surface area (Å²) < 4.78 is 24.8. The van der Waals surface area contributed by atoms with Crippen LogP contribution in [0, 0.1) is 28.4 Å². The van der Waals surface area contributed by atoms with Crippen LogP contribution < -0.4 is 0 Å². The number of aromatic nitrogens is 1. The Hall–Kier alpha value is -2.10. The number of aryl methyl sites for hydroxylation is 1. The number of halogens is 2. The predicted octanol–water partition coefficient (Wildman–Crippen LogP) is 2.11. The van der Waals surface area contributed by atoms with E-state index in [-0.39, 0.29) is 5.69 Å². The number of nitrogens with zero attached hydrogens (tertiary/aromatic N) is 3. The topological polar surface area (TPSA) is 79.8 Å². The van der Waals surface area contributed by atoms with Crippen molar-refractivity contribution in [1.29, 1.82) is 5.26 Å². The molecule has 0 bridgehead atoms. The van der Waals surface area contributed by atoms with E-state index in [1.54, 1.807) is 0 Å². The fourth-order valence-electron chi connectivity index (χ4n) is 1.05. The second kappa shape index (κ2) is 3.96. The van der Waals surface area contributed by atoms with Crippen molar-refractivity contribution in [3.63, 3.8) is 0 Å². The maximum atomic E-state index is 12.4. The zero-order valence-electron chi connectivity index (χ0n) is 7.57. The van der Waals surface area contributed by atoms with Crippen molar-refractivity contribution in [3.8, 4) is 6.07 Å².